The number of carbonyl (C=O) groups is 1. The third-order valence-electron chi connectivity index (χ3n) is 0.767. The Balaban J connectivity index is 0. The first kappa shape index (κ1) is 6.39. The zero-order valence-corrected chi connectivity index (χ0v) is 6.31. The molecule has 5 heteroatoms. The normalized spacial score (nSPS) is 17.2. The lowest BCUT2D eigenvalue weighted by Crippen LogP contribution is -2.35. The minimum atomic E-state index is -2.52. The number of hydrogen-bond donors (Lipinski definition) is 1. The highest BCUT2D eigenvalue weighted by Crippen LogP contribution is 1.82. The van der Waals surface area contributed by atoms with Crippen LogP contribution in [0, 0.1) is 0 Å². The maximum atomic E-state index is 10.6. The fourth-order valence-electron chi connectivity index (χ4n) is 0.309. The summed E-state index contributed by atoms with van der Waals surface area (Å²) in [5.74, 6) is -0.695. The van der Waals surface area contributed by atoms with E-state index in [1.807, 2.05) is 0 Å². The molecule has 0 saturated heterocycles. The summed E-state index contributed by atoms with van der Waals surface area (Å²) in [5.41, 5.74) is 5.19. The van der Waals surface area contributed by atoms with Gasteiger partial charge in [-0.25, -0.2) is 0 Å². The van der Waals surface area contributed by atoms with Crippen molar-refractivity contribution in [2.24, 2.45) is 5.73 Å². The standard InChI is InChI=1S/C5H11NO3.ClH/c1-8-3-4(6)5(7)9-2;/h4H,3,6H2,1-2H3;1H/t4-;/m0./s1/i1D3;. The molecule has 2 N–H and O–H groups in total. The fourth-order valence-corrected chi connectivity index (χ4v) is 0.309. The first-order chi connectivity index (χ1) is 5.37. The van der Waals surface area contributed by atoms with E-state index in [1.54, 1.807) is 0 Å². The average molecular weight is 173 g/mol. The van der Waals surface area contributed by atoms with E-state index < -0.39 is 19.0 Å². The van der Waals surface area contributed by atoms with Gasteiger partial charge in [-0.1, -0.05) is 0 Å². The molecule has 0 radical (unpaired) electrons. The Hall–Kier alpha value is -0.320. The average Bonchev–Trinajstić information content (AvgIpc) is 1.97. The van der Waals surface area contributed by atoms with Gasteiger partial charge in [0.15, 0.2) is 0 Å². The summed E-state index contributed by atoms with van der Waals surface area (Å²) in [7, 11) is -1.36. The van der Waals surface area contributed by atoms with E-state index in [9.17, 15) is 4.79 Å². The molecular formula is C5H12ClNO3. The van der Waals surface area contributed by atoms with Gasteiger partial charge in [0, 0.05) is 7.04 Å². The van der Waals surface area contributed by atoms with Gasteiger partial charge in [-0.15, -0.1) is 12.4 Å². The number of methoxy groups -OCH3 is 2. The molecule has 62 valence electrons. The van der Waals surface area contributed by atoms with Gasteiger partial charge in [-0.3, -0.25) is 4.79 Å². The van der Waals surface area contributed by atoms with Gasteiger partial charge in [0.2, 0.25) is 0 Å². The number of halogens is 1. The molecule has 0 unspecified atom stereocenters. The van der Waals surface area contributed by atoms with Gasteiger partial charge in [0.25, 0.3) is 0 Å². The monoisotopic (exact) mass is 172 g/mol. The second-order valence-electron chi connectivity index (χ2n) is 1.44. The summed E-state index contributed by atoms with van der Waals surface area (Å²) < 4.78 is 28.4. The van der Waals surface area contributed by atoms with Crippen molar-refractivity contribution < 1.29 is 18.4 Å². The maximum absolute atomic E-state index is 10.6. The van der Waals surface area contributed by atoms with E-state index in [2.05, 4.69) is 9.47 Å². The van der Waals surface area contributed by atoms with Crippen LogP contribution in [0.4, 0.5) is 0 Å². The van der Waals surface area contributed by atoms with Crippen LogP contribution >= 0.6 is 12.4 Å². The smallest absolute Gasteiger partial charge is 0.325 e. The quantitative estimate of drug-likeness (QED) is 0.586. The molecule has 0 aliphatic heterocycles. The van der Waals surface area contributed by atoms with Crippen molar-refractivity contribution in [3.8, 4) is 0 Å². The Morgan fingerprint density at radius 1 is 1.90 bits per heavy atom. The minimum Gasteiger partial charge on any atom is -0.468 e. The van der Waals surface area contributed by atoms with E-state index in [4.69, 9.17) is 9.85 Å². The van der Waals surface area contributed by atoms with Crippen molar-refractivity contribution in [3.05, 3.63) is 0 Å². The van der Waals surface area contributed by atoms with Crippen LogP contribution in [0.15, 0.2) is 0 Å². The molecule has 0 aromatic heterocycles. The van der Waals surface area contributed by atoms with E-state index >= 15 is 0 Å². The largest absolute Gasteiger partial charge is 0.468 e. The lowest BCUT2D eigenvalue weighted by molar-refractivity contribution is -0.143. The molecule has 0 spiro atoms. The van der Waals surface area contributed by atoms with Crippen LogP contribution in [0.1, 0.15) is 4.11 Å². The Kier molecular flexibility index (Phi) is 4.34. The highest BCUT2D eigenvalue weighted by molar-refractivity contribution is 5.85. The zero-order valence-electron chi connectivity index (χ0n) is 8.49. The highest BCUT2D eigenvalue weighted by atomic mass is 35.5. The van der Waals surface area contributed by atoms with E-state index in [1.165, 1.54) is 0 Å². The number of hydrogen-bond acceptors (Lipinski definition) is 4. The van der Waals surface area contributed by atoms with Crippen molar-refractivity contribution in [1.82, 2.24) is 0 Å². The van der Waals surface area contributed by atoms with Crippen LogP contribution in [0.2, 0.25) is 0 Å². The van der Waals surface area contributed by atoms with Crippen LogP contribution in [-0.2, 0) is 14.3 Å². The molecule has 0 aromatic rings. The van der Waals surface area contributed by atoms with E-state index in [-0.39, 0.29) is 19.0 Å². The number of esters is 1. The van der Waals surface area contributed by atoms with Gasteiger partial charge >= 0.3 is 5.97 Å². The second-order valence-corrected chi connectivity index (χ2v) is 1.44. The Bertz CT molecular complexity index is 164. The van der Waals surface area contributed by atoms with E-state index in [0.717, 1.165) is 7.11 Å². The van der Waals surface area contributed by atoms with Crippen molar-refractivity contribution in [2.75, 3.05) is 20.8 Å². The third-order valence-corrected chi connectivity index (χ3v) is 0.767. The molecule has 10 heavy (non-hydrogen) atoms. The lowest BCUT2D eigenvalue weighted by Gasteiger charge is -2.05. The van der Waals surface area contributed by atoms with Crippen LogP contribution in [0.5, 0.6) is 0 Å². The molecular weight excluding hydrogens is 158 g/mol. The molecule has 0 fully saturated rings. The van der Waals surface area contributed by atoms with Crippen LogP contribution in [-0.4, -0.2) is 32.8 Å². The maximum Gasteiger partial charge on any atom is 0.325 e. The Labute approximate surface area is 70.3 Å². The zero-order chi connectivity index (χ0) is 9.78. The van der Waals surface area contributed by atoms with Crippen LogP contribution < -0.4 is 5.73 Å². The SMILES string of the molecule is Cl.[2H]C([2H])([2H])OC[C@H](N)C(=O)OC. The summed E-state index contributed by atoms with van der Waals surface area (Å²) in [6.07, 6.45) is 0. The molecule has 0 bridgehead atoms. The fraction of sp³-hybridized carbons (Fsp3) is 0.800. The van der Waals surface area contributed by atoms with Gasteiger partial charge < -0.3 is 15.2 Å². The summed E-state index contributed by atoms with van der Waals surface area (Å²) in [6, 6.07) is -1.05. The molecule has 4 nitrogen and oxygen atoms in total. The topological polar surface area (TPSA) is 61.5 Å². The number of ether oxygens (including phenoxy) is 2. The highest BCUT2D eigenvalue weighted by Gasteiger charge is 2.11. The number of nitrogens with two attached hydrogens (primary N) is 1. The van der Waals surface area contributed by atoms with Crippen molar-refractivity contribution >= 4 is 18.4 Å². The Morgan fingerprint density at radius 3 is 2.90 bits per heavy atom. The minimum absolute atomic E-state index is 0. The lowest BCUT2D eigenvalue weighted by atomic mass is 10.3. The molecule has 1 atom stereocenters. The molecule has 0 amide bonds. The first-order valence-corrected chi connectivity index (χ1v) is 2.34. The summed E-state index contributed by atoms with van der Waals surface area (Å²) >= 11 is 0. The molecule has 0 aliphatic carbocycles. The summed E-state index contributed by atoms with van der Waals surface area (Å²) in [4.78, 5) is 10.6. The molecule has 0 heterocycles. The van der Waals surface area contributed by atoms with Gasteiger partial charge in [-0.2, -0.15) is 0 Å². The van der Waals surface area contributed by atoms with E-state index in [0.29, 0.717) is 0 Å². The van der Waals surface area contributed by atoms with Gasteiger partial charge in [-0.05, 0) is 0 Å². The predicted octanol–water partition coefficient (Wildman–Crippen LogP) is -0.445. The summed E-state index contributed by atoms with van der Waals surface area (Å²) in [5, 5.41) is 0. The predicted molar refractivity (Wildman–Crippen MR) is 39.1 cm³/mol. The third kappa shape index (κ3) is 4.55. The van der Waals surface area contributed by atoms with Gasteiger partial charge in [0.05, 0.1) is 17.8 Å². The number of carbonyl (C=O) groups excluding carboxylic acids is 1. The van der Waals surface area contributed by atoms with Crippen LogP contribution in [0.3, 0.4) is 0 Å². The van der Waals surface area contributed by atoms with Crippen molar-refractivity contribution in [2.45, 2.75) is 6.04 Å². The number of rotatable bonds is 3. The first-order valence-electron chi connectivity index (χ1n) is 3.84. The molecule has 0 aromatic carbocycles. The molecule has 0 aliphatic rings. The second kappa shape index (κ2) is 6.80. The Morgan fingerprint density at radius 2 is 2.50 bits per heavy atom. The summed E-state index contributed by atoms with van der Waals surface area (Å²) in [6.45, 7) is -0.372. The molecule has 0 saturated carbocycles. The van der Waals surface area contributed by atoms with Gasteiger partial charge in [0.1, 0.15) is 6.04 Å². The molecule has 0 rings (SSSR count). The van der Waals surface area contributed by atoms with Crippen molar-refractivity contribution in [3.63, 3.8) is 0 Å². The van der Waals surface area contributed by atoms with Crippen molar-refractivity contribution in [1.29, 1.82) is 0 Å². The van der Waals surface area contributed by atoms with Crippen LogP contribution in [0.25, 0.3) is 0 Å².